The molecule has 0 aliphatic carbocycles. The summed E-state index contributed by atoms with van der Waals surface area (Å²) >= 11 is 0. The molecular weight excluding hydrogens is 242 g/mol. The van der Waals surface area contributed by atoms with Crippen molar-refractivity contribution in [2.75, 3.05) is 6.61 Å². The van der Waals surface area contributed by atoms with E-state index in [1.54, 1.807) is 28.8 Å². The monoisotopic (exact) mass is 255 g/mol. The Morgan fingerprint density at radius 2 is 2.05 bits per heavy atom. The fourth-order valence-electron chi connectivity index (χ4n) is 1.60. The van der Waals surface area contributed by atoms with Gasteiger partial charge in [0.1, 0.15) is 5.75 Å². The van der Waals surface area contributed by atoms with Gasteiger partial charge in [0, 0.05) is 18.8 Å². The van der Waals surface area contributed by atoms with Crippen molar-refractivity contribution in [3.63, 3.8) is 0 Å². The summed E-state index contributed by atoms with van der Waals surface area (Å²) in [5, 5.41) is 8.67. The van der Waals surface area contributed by atoms with E-state index in [2.05, 4.69) is 4.98 Å². The zero-order valence-electron chi connectivity index (χ0n) is 10.3. The molecule has 96 valence electrons. The van der Waals surface area contributed by atoms with E-state index >= 15 is 0 Å². The Balaban J connectivity index is 1.79. The number of rotatable bonds is 5. The van der Waals surface area contributed by atoms with Crippen LogP contribution >= 0.6 is 0 Å². The zero-order chi connectivity index (χ0) is 13.5. The van der Waals surface area contributed by atoms with Crippen LogP contribution in [0.15, 0.2) is 47.7 Å². The van der Waals surface area contributed by atoms with E-state index in [1.165, 1.54) is 18.6 Å². The predicted octanol–water partition coefficient (Wildman–Crippen LogP) is 1.58. The minimum Gasteiger partial charge on any atom is -0.494 e. The van der Waals surface area contributed by atoms with Crippen molar-refractivity contribution in [1.29, 1.82) is 5.26 Å². The molecule has 0 aliphatic rings. The standard InChI is InChI=1S/C14H13N3O2/c15-10-12-2-4-13(5-3-12)19-9-1-8-17-11-16-7-6-14(17)18/h2-7,11H,1,8-9H2. The van der Waals surface area contributed by atoms with E-state index in [4.69, 9.17) is 10.00 Å². The maximum absolute atomic E-state index is 11.4. The highest BCUT2D eigenvalue weighted by atomic mass is 16.5. The van der Waals surface area contributed by atoms with Gasteiger partial charge in [0.15, 0.2) is 0 Å². The Labute approximate surface area is 110 Å². The molecule has 0 bridgehead atoms. The summed E-state index contributed by atoms with van der Waals surface area (Å²) in [4.78, 5) is 15.3. The Bertz CT molecular complexity index is 626. The van der Waals surface area contributed by atoms with Gasteiger partial charge in [-0.2, -0.15) is 5.26 Å². The van der Waals surface area contributed by atoms with Crippen molar-refractivity contribution in [3.05, 3.63) is 58.8 Å². The molecule has 0 amide bonds. The number of hydrogen-bond acceptors (Lipinski definition) is 4. The van der Waals surface area contributed by atoms with Crippen LogP contribution in [0.2, 0.25) is 0 Å². The van der Waals surface area contributed by atoms with E-state index in [-0.39, 0.29) is 5.56 Å². The number of nitrogens with zero attached hydrogens (tertiary/aromatic N) is 3. The van der Waals surface area contributed by atoms with Gasteiger partial charge in [-0.15, -0.1) is 0 Å². The fourth-order valence-corrected chi connectivity index (χ4v) is 1.60. The van der Waals surface area contributed by atoms with Crippen molar-refractivity contribution in [2.45, 2.75) is 13.0 Å². The van der Waals surface area contributed by atoms with Crippen molar-refractivity contribution in [2.24, 2.45) is 0 Å². The highest BCUT2D eigenvalue weighted by Crippen LogP contribution is 2.11. The van der Waals surface area contributed by atoms with E-state index in [9.17, 15) is 4.79 Å². The molecule has 0 N–H and O–H groups in total. The average Bonchev–Trinajstić information content (AvgIpc) is 2.46. The van der Waals surface area contributed by atoms with Gasteiger partial charge in [-0.25, -0.2) is 4.98 Å². The molecule has 0 unspecified atom stereocenters. The molecule has 0 radical (unpaired) electrons. The van der Waals surface area contributed by atoms with Gasteiger partial charge in [-0.05, 0) is 30.7 Å². The Morgan fingerprint density at radius 3 is 2.74 bits per heavy atom. The third kappa shape index (κ3) is 3.68. The molecule has 5 heteroatoms. The third-order valence-corrected chi connectivity index (χ3v) is 2.59. The van der Waals surface area contributed by atoms with Gasteiger partial charge in [-0.3, -0.25) is 9.36 Å². The normalized spacial score (nSPS) is 9.84. The quantitative estimate of drug-likeness (QED) is 0.761. The lowest BCUT2D eigenvalue weighted by Crippen LogP contribution is -2.19. The Kier molecular flexibility index (Phi) is 4.29. The molecule has 2 aromatic rings. The second kappa shape index (κ2) is 6.36. The van der Waals surface area contributed by atoms with E-state index in [0.717, 1.165) is 5.75 Å². The summed E-state index contributed by atoms with van der Waals surface area (Å²) < 4.78 is 7.07. The Morgan fingerprint density at radius 1 is 1.26 bits per heavy atom. The van der Waals surface area contributed by atoms with Gasteiger partial charge >= 0.3 is 0 Å². The SMILES string of the molecule is N#Cc1ccc(OCCCn2cnccc2=O)cc1. The number of nitriles is 1. The van der Waals surface area contributed by atoms with Crippen LogP contribution in [0, 0.1) is 11.3 Å². The lowest BCUT2D eigenvalue weighted by atomic mass is 10.2. The van der Waals surface area contributed by atoms with Crippen LogP contribution < -0.4 is 10.3 Å². The van der Waals surface area contributed by atoms with Crippen molar-refractivity contribution >= 4 is 0 Å². The smallest absolute Gasteiger partial charge is 0.253 e. The number of ether oxygens (including phenoxy) is 1. The molecule has 5 nitrogen and oxygen atoms in total. The number of benzene rings is 1. The average molecular weight is 255 g/mol. The number of aromatic nitrogens is 2. The molecular formula is C14H13N3O2. The lowest BCUT2D eigenvalue weighted by Gasteiger charge is -2.07. The number of hydrogen-bond donors (Lipinski definition) is 0. The van der Waals surface area contributed by atoms with Gasteiger partial charge < -0.3 is 4.74 Å². The zero-order valence-corrected chi connectivity index (χ0v) is 10.3. The van der Waals surface area contributed by atoms with Crippen molar-refractivity contribution < 1.29 is 4.74 Å². The summed E-state index contributed by atoms with van der Waals surface area (Å²) in [5.74, 6) is 0.720. The first-order valence-corrected chi connectivity index (χ1v) is 5.93. The molecule has 0 atom stereocenters. The molecule has 0 saturated heterocycles. The van der Waals surface area contributed by atoms with Crippen LogP contribution in [0.25, 0.3) is 0 Å². The molecule has 1 heterocycles. The molecule has 0 spiro atoms. The molecule has 2 rings (SSSR count). The maximum Gasteiger partial charge on any atom is 0.253 e. The predicted molar refractivity (Wildman–Crippen MR) is 69.8 cm³/mol. The molecule has 19 heavy (non-hydrogen) atoms. The summed E-state index contributed by atoms with van der Waals surface area (Å²) in [7, 11) is 0. The van der Waals surface area contributed by atoms with Gasteiger partial charge in [0.25, 0.3) is 5.56 Å². The largest absolute Gasteiger partial charge is 0.494 e. The first-order valence-electron chi connectivity index (χ1n) is 5.93. The molecule has 0 aliphatic heterocycles. The minimum atomic E-state index is -0.0617. The highest BCUT2D eigenvalue weighted by molar-refractivity contribution is 5.34. The second-order valence-electron chi connectivity index (χ2n) is 3.95. The van der Waals surface area contributed by atoms with Crippen LogP contribution in [0.1, 0.15) is 12.0 Å². The second-order valence-corrected chi connectivity index (χ2v) is 3.95. The summed E-state index contributed by atoms with van der Waals surface area (Å²) in [6, 6.07) is 10.4. The van der Waals surface area contributed by atoms with Crippen LogP contribution in [0.3, 0.4) is 0 Å². The van der Waals surface area contributed by atoms with E-state index in [1.807, 2.05) is 6.07 Å². The highest BCUT2D eigenvalue weighted by Gasteiger charge is 1.97. The molecule has 0 fully saturated rings. The van der Waals surface area contributed by atoms with Gasteiger partial charge in [-0.1, -0.05) is 0 Å². The first-order chi connectivity index (χ1) is 9.29. The van der Waals surface area contributed by atoms with Crippen LogP contribution in [0.4, 0.5) is 0 Å². The van der Waals surface area contributed by atoms with Crippen LogP contribution in [-0.2, 0) is 6.54 Å². The van der Waals surface area contributed by atoms with Gasteiger partial charge in [0.2, 0.25) is 0 Å². The van der Waals surface area contributed by atoms with Crippen molar-refractivity contribution in [3.8, 4) is 11.8 Å². The molecule has 1 aromatic carbocycles. The van der Waals surface area contributed by atoms with E-state index in [0.29, 0.717) is 25.1 Å². The summed E-state index contributed by atoms with van der Waals surface area (Å²) in [6.07, 6.45) is 3.71. The molecule has 0 saturated carbocycles. The summed E-state index contributed by atoms with van der Waals surface area (Å²) in [6.45, 7) is 1.08. The third-order valence-electron chi connectivity index (χ3n) is 2.59. The first kappa shape index (κ1) is 12.8. The maximum atomic E-state index is 11.4. The van der Waals surface area contributed by atoms with Crippen molar-refractivity contribution in [1.82, 2.24) is 9.55 Å². The van der Waals surface area contributed by atoms with Crippen LogP contribution in [-0.4, -0.2) is 16.2 Å². The van der Waals surface area contributed by atoms with Gasteiger partial charge in [0.05, 0.1) is 24.6 Å². The molecule has 1 aromatic heterocycles. The van der Waals surface area contributed by atoms with Crippen LogP contribution in [0.5, 0.6) is 5.75 Å². The van der Waals surface area contributed by atoms with E-state index < -0.39 is 0 Å². The lowest BCUT2D eigenvalue weighted by molar-refractivity contribution is 0.300. The summed E-state index contributed by atoms with van der Waals surface area (Å²) in [5.41, 5.74) is 0.544. The topological polar surface area (TPSA) is 67.9 Å². The Hall–Kier alpha value is -2.61. The minimum absolute atomic E-state index is 0.0617. The fraction of sp³-hybridized carbons (Fsp3) is 0.214. The number of aryl methyl sites for hydroxylation is 1.